The molecule has 5 heteroatoms. The van der Waals surface area contributed by atoms with Gasteiger partial charge in [-0.15, -0.1) is 0 Å². The second-order valence-corrected chi connectivity index (χ2v) is 3.89. The van der Waals surface area contributed by atoms with Crippen LogP contribution in [0.4, 0.5) is 0 Å². The molecule has 2 N–H and O–H groups in total. The Morgan fingerprint density at radius 2 is 2.06 bits per heavy atom. The molecule has 0 spiro atoms. The number of benzene rings is 1. The molecule has 0 saturated heterocycles. The van der Waals surface area contributed by atoms with Crippen molar-refractivity contribution in [2.24, 2.45) is 5.73 Å². The Kier molecular flexibility index (Phi) is 3.53. The quantitative estimate of drug-likeness (QED) is 0.875. The largest absolute Gasteiger partial charge is 0.497 e. The van der Waals surface area contributed by atoms with Crippen molar-refractivity contribution in [3.63, 3.8) is 0 Å². The summed E-state index contributed by atoms with van der Waals surface area (Å²) in [4.78, 5) is 11.9. The predicted octanol–water partition coefficient (Wildman–Crippen LogP) is 0.977. The number of hydrogen-bond acceptors (Lipinski definition) is 4. The van der Waals surface area contributed by atoms with Crippen LogP contribution in [0.3, 0.4) is 0 Å². The van der Waals surface area contributed by atoms with Gasteiger partial charge in [-0.05, 0) is 0 Å². The number of aromatic nitrogens is 1. The molecule has 5 nitrogen and oxygen atoms in total. The van der Waals surface area contributed by atoms with Crippen LogP contribution in [-0.4, -0.2) is 25.3 Å². The maximum absolute atomic E-state index is 11.9. The first-order valence-electron chi connectivity index (χ1n) is 5.66. The summed E-state index contributed by atoms with van der Waals surface area (Å²) < 4.78 is 12.4. The van der Waals surface area contributed by atoms with Crippen LogP contribution in [-0.2, 0) is 6.54 Å². The summed E-state index contributed by atoms with van der Waals surface area (Å²) >= 11 is 0. The number of methoxy groups -OCH3 is 2. The lowest BCUT2D eigenvalue weighted by molar-refractivity contribution is 0.397. The van der Waals surface area contributed by atoms with Gasteiger partial charge in [0.05, 0.1) is 25.1 Å². The SMILES string of the molecule is COc1cc(OC)c2c(=O)ccn(CCN)c2c1. The Morgan fingerprint density at radius 1 is 1.28 bits per heavy atom. The Balaban J connectivity index is 2.83. The average molecular weight is 248 g/mol. The Hall–Kier alpha value is -2.01. The summed E-state index contributed by atoms with van der Waals surface area (Å²) in [6.07, 6.45) is 1.73. The maximum Gasteiger partial charge on any atom is 0.193 e. The van der Waals surface area contributed by atoms with Crippen molar-refractivity contribution in [1.29, 1.82) is 0 Å². The molecule has 0 radical (unpaired) electrons. The molecule has 96 valence electrons. The topological polar surface area (TPSA) is 66.5 Å². The summed E-state index contributed by atoms with van der Waals surface area (Å²) in [6.45, 7) is 1.13. The number of rotatable bonds is 4. The first-order chi connectivity index (χ1) is 8.71. The van der Waals surface area contributed by atoms with Crippen molar-refractivity contribution in [2.45, 2.75) is 6.54 Å². The van der Waals surface area contributed by atoms with Crippen LogP contribution in [0.1, 0.15) is 0 Å². The van der Waals surface area contributed by atoms with Gasteiger partial charge in [-0.25, -0.2) is 0 Å². The molecular weight excluding hydrogens is 232 g/mol. The molecule has 0 aliphatic heterocycles. The second kappa shape index (κ2) is 5.10. The first-order valence-corrected chi connectivity index (χ1v) is 5.66. The predicted molar refractivity (Wildman–Crippen MR) is 70.4 cm³/mol. The van der Waals surface area contributed by atoms with Crippen molar-refractivity contribution in [3.8, 4) is 11.5 Å². The smallest absolute Gasteiger partial charge is 0.193 e. The zero-order valence-corrected chi connectivity index (χ0v) is 10.5. The van der Waals surface area contributed by atoms with E-state index < -0.39 is 0 Å². The lowest BCUT2D eigenvalue weighted by Crippen LogP contribution is -2.14. The molecule has 0 saturated carbocycles. The molecule has 0 atom stereocenters. The van der Waals surface area contributed by atoms with Gasteiger partial charge in [-0.1, -0.05) is 0 Å². The van der Waals surface area contributed by atoms with E-state index in [0.717, 1.165) is 5.52 Å². The molecule has 1 aromatic carbocycles. The van der Waals surface area contributed by atoms with E-state index in [2.05, 4.69) is 0 Å². The molecule has 0 unspecified atom stereocenters. The van der Waals surface area contributed by atoms with E-state index in [9.17, 15) is 4.79 Å². The number of fused-ring (bicyclic) bond motifs is 1. The van der Waals surface area contributed by atoms with E-state index in [4.69, 9.17) is 15.2 Å². The van der Waals surface area contributed by atoms with Crippen LogP contribution in [0.5, 0.6) is 11.5 Å². The summed E-state index contributed by atoms with van der Waals surface area (Å²) in [6, 6.07) is 5.04. The van der Waals surface area contributed by atoms with Crippen LogP contribution in [0.15, 0.2) is 29.2 Å². The fourth-order valence-corrected chi connectivity index (χ4v) is 1.98. The Bertz CT molecular complexity index is 619. The van der Waals surface area contributed by atoms with Crippen LogP contribution >= 0.6 is 0 Å². The van der Waals surface area contributed by atoms with Crippen molar-refractivity contribution in [3.05, 3.63) is 34.6 Å². The molecule has 1 heterocycles. The molecular formula is C13H16N2O3. The zero-order valence-electron chi connectivity index (χ0n) is 10.5. The molecule has 2 aromatic rings. The van der Waals surface area contributed by atoms with Gasteiger partial charge in [-0.2, -0.15) is 0 Å². The second-order valence-electron chi connectivity index (χ2n) is 3.89. The van der Waals surface area contributed by atoms with E-state index >= 15 is 0 Å². The highest BCUT2D eigenvalue weighted by molar-refractivity contribution is 5.87. The highest BCUT2D eigenvalue weighted by Crippen LogP contribution is 2.28. The van der Waals surface area contributed by atoms with E-state index in [-0.39, 0.29) is 5.43 Å². The molecule has 0 bridgehead atoms. The van der Waals surface area contributed by atoms with Crippen LogP contribution in [0, 0.1) is 0 Å². The average Bonchev–Trinajstić information content (AvgIpc) is 2.40. The fourth-order valence-electron chi connectivity index (χ4n) is 1.98. The highest BCUT2D eigenvalue weighted by Gasteiger charge is 2.11. The van der Waals surface area contributed by atoms with Crippen molar-refractivity contribution in [1.82, 2.24) is 4.57 Å². The minimum absolute atomic E-state index is 0.0715. The number of hydrogen-bond donors (Lipinski definition) is 1. The lowest BCUT2D eigenvalue weighted by Gasteiger charge is -2.13. The van der Waals surface area contributed by atoms with Crippen LogP contribution in [0.2, 0.25) is 0 Å². The standard InChI is InChI=1S/C13H16N2O3/c1-17-9-7-10-13(12(8-9)18-2)11(16)3-5-15(10)6-4-14/h3,5,7-8H,4,6,14H2,1-2H3. The van der Waals surface area contributed by atoms with Gasteiger partial charge in [0, 0.05) is 37.5 Å². The zero-order chi connectivity index (χ0) is 13.1. The van der Waals surface area contributed by atoms with Gasteiger partial charge in [0.15, 0.2) is 5.43 Å². The highest BCUT2D eigenvalue weighted by atomic mass is 16.5. The van der Waals surface area contributed by atoms with E-state index in [1.54, 1.807) is 19.4 Å². The van der Waals surface area contributed by atoms with Crippen molar-refractivity contribution in [2.75, 3.05) is 20.8 Å². The van der Waals surface area contributed by atoms with Gasteiger partial charge < -0.3 is 19.8 Å². The van der Waals surface area contributed by atoms with Gasteiger partial charge >= 0.3 is 0 Å². The molecule has 1 aromatic heterocycles. The lowest BCUT2D eigenvalue weighted by atomic mass is 10.1. The van der Waals surface area contributed by atoms with Crippen LogP contribution in [0.25, 0.3) is 10.9 Å². The minimum atomic E-state index is -0.0715. The minimum Gasteiger partial charge on any atom is -0.497 e. The normalized spacial score (nSPS) is 10.6. The third-order valence-electron chi connectivity index (χ3n) is 2.84. The fraction of sp³-hybridized carbons (Fsp3) is 0.308. The van der Waals surface area contributed by atoms with Crippen LogP contribution < -0.4 is 20.6 Å². The Labute approximate surface area is 105 Å². The number of ether oxygens (including phenoxy) is 2. The molecule has 0 aliphatic rings. The third-order valence-corrected chi connectivity index (χ3v) is 2.84. The molecule has 0 amide bonds. The molecule has 18 heavy (non-hydrogen) atoms. The monoisotopic (exact) mass is 248 g/mol. The van der Waals surface area contributed by atoms with Gasteiger partial charge in [-0.3, -0.25) is 4.79 Å². The Morgan fingerprint density at radius 3 is 2.67 bits per heavy atom. The van der Waals surface area contributed by atoms with Crippen molar-refractivity contribution >= 4 is 10.9 Å². The van der Waals surface area contributed by atoms with E-state index in [1.165, 1.54) is 13.2 Å². The molecule has 0 fully saturated rings. The molecule has 0 aliphatic carbocycles. The summed E-state index contributed by atoms with van der Waals surface area (Å²) in [5.41, 5.74) is 6.27. The van der Waals surface area contributed by atoms with Crippen molar-refractivity contribution < 1.29 is 9.47 Å². The third kappa shape index (κ3) is 2.04. The van der Waals surface area contributed by atoms with Gasteiger partial charge in [0.1, 0.15) is 11.5 Å². The first kappa shape index (κ1) is 12.4. The molecule has 2 rings (SSSR count). The van der Waals surface area contributed by atoms with E-state index in [0.29, 0.717) is 30.0 Å². The summed E-state index contributed by atoms with van der Waals surface area (Å²) in [7, 11) is 3.11. The van der Waals surface area contributed by atoms with Gasteiger partial charge in [0.2, 0.25) is 0 Å². The van der Waals surface area contributed by atoms with Gasteiger partial charge in [0.25, 0.3) is 0 Å². The summed E-state index contributed by atoms with van der Waals surface area (Å²) in [5, 5.41) is 0.550. The maximum atomic E-state index is 11.9. The summed E-state index contributed by atoms with van der Waals surface area (Å²) in [5.74, 6) is 1.16. The number of nitrogens with zero attached hydrogens (tertiary/aromatic N) is 1. The van der Waals surface area contributed by atoms with E-state index in [1.807, 2.05) is 10.6 Å². The number of nitrogens with two attached hydrogens (primary N) is 1. The number of pyridine rings is 1.